The molecule has 19 heavy (non-hydrogen) atoms. The largest absolute Gasteiger partial charge is 0.383 e. The van der Waals surface area contributed by atoms with E-state index in [1.165, 1.54) is 0 Å². The summed E-state index contributed by atoms with van der Waals surface area (Å²) in [6, 6.07) is 10.1. The predicted octanol–water partition coefficient (Wildman–Crippen LogP) is 2.34. The number of nitrogen functional groups attached to an aromatic ring is 1. The van der Waals surface area contributed by atoms with Crippen LogP contribution < -0.4 is 11.1 Å². The number of anilines is 1. The second-order valence-corrected chi connectivity index (χ2v) is 4.51. The molecule has 2 aromatic heterocycles. The molecule has 1 atom stereocenters. The number of pyridine rings is 2. The maximum Gasteiger partial charge on any atom is 0.126 e. The molecule has 0 spiro atoms. The molecule has 0 aliphatic carbocycles. The van der Waals surface area contributed by atoms with E-state index in [1.54, 1.807) is 6.20 Å². The van der Waals surface area contributed by atoms with E-state index < -0.39 is 0 Å². The van der Waals surface area contributed by atoms with Gasteiger partial charge in [0.05, 0.1) is 11.7 Å². The third-order valence-electron chi connectivity index (χ3n) is 3.04. The lowest BCUT2D eigenvalue weighted by Crippen LogP contribution is -2.25. The number of aromatic nitrogens is 2. The Labute approximate surface area is 114 Å². The first-order chi connectivity index (χ1) is 9.31. The van der Waals surface area contributed by atoms with Crippen LogP contribution in [-0.2, 0) is 6.42 Å². The van der Waals surface area contributed by atoms with E-state index in [1.807, 2.05) is 36.5 Å². The molecule has 4 heteroatoms. The van der Waals surface area contributed by atoms with Crippen molar-refractivity contribution in [2.75, 3.05) is 12.3 Å². The van der Waals surface area contributed by atoms with E-state index in [9.17, 15) is 0 Å². The van der Waals surface area contributed by atoms with Gasteiger partial charge < -0.3 is 11.1 Å². The molecule has 3 N–H and O–H groups in total. The Morgan fingerprint density at radius 1 is 1.16 bits per heavy atom. The molecule has 0 aliphatic heterocycles. The van der Waals surface area contributed by atoms with Gasteiger partial charge in [0.15, 0.2) is 0 Å². The zero-order valence-electron chi connectivity index (χ0n) is 11.2. The number of rotatable bonds is 6. The van der Waals surface area contributed by atoms with Crippen LogP contribution in [0.2, 0.25) is 0 Å². The Kier molecular flexibility index (Phi) is 4.86. The second kappa shape index (κ2) is 6.85. The fourth-order valence-electron chi connectivity index (χ4n) is 2.03. The summed E-state index contributed by atoms with van der Waals surface area (Å²) in [5.41, 5.74) is 8.01. The quantitative estimate of drug-likeness (QED) is 0.832. The van der Waals surface area contributed by atoms with Gasteiger partial charge in [-0.3, -0.25) is 4.98 Å². The highest BCUT2D eigenvalue weighted by Gasteiger charge is 2.14. The fourth-order valence-corrected chi connectivity index (χ4v) is 2.03. The average Bonchev–Trinajstić information content (AvgIpc) is 2.46. The minimum Gasteiger partial charge on any atom is -0.383 e. The second-order valence-electron chi connectivity index (χ2n) is 4.51. The van der Waals surface area contributed by atoms with Crippen molar-refractivity contribution >= 4 is 5.82 Å². The van der Waals surface area contributed by atoms with Gasteiger partial charge in [0.2, 0.25) is 0 Å². The normalized spacial score (nSPS) is 12.3. The topological polar surface area (TPSA) is 63.8 Å². The summed E-state index contributed by atoms with van der Waals surface area (Å²) in [5.74, 6) is 0.599. The lowest BCUT2D eigenvalue weighted by Gasteiger charge is -2.18. The average molecular weight is 256 g/mol. The molecule has 0 aromatic carbocycles. The maximum atomic E-state index is 5.92. The monoisotopic (exact) mass is 256 g/mol. The van der Waals surface area contributed by atoms with Crippen LogP contribution in [0.25, 0.3) is 0 Å². The fraction of sp³-hybridized carbons (Fsp3) is 0.333. The molecule has 0 aliphatic rings. The van der Waals surface area contributed by atoms with Crippen LogP contribution in [0.1, 0.15) is 30.6 Å². The first-order valence-corrected chi connectivity index (χ1v) is 6.65. The minimum absolute atomic E-state index is 0.174. The van der Waals surface area contributed by atoms with E-state index in [0.717, 1.165) is 30.6 Å². The maximum absolute atomic E-state index is 5.92. The van der Waals surface area contributed by atoms with Gasteiger partial charge in [0, 0.05) is 12.4 Å². The molecule has 0 saturated carbocycles. The molecule has 2 heterocycles. The van der Waals surface area contributed by atoms with Gasteiger partial charge in [0.25, 0.3) is 0 Å². The van der Waals surface area contributed by atoms with E-state index in [2.05, 4.69) is 22.2 Å². The smallest absolute Gasteiger partial charge is 0.126 e. The number of hydrogen-bond donors (Lipinski definition) is 2. The van der Waals surface area contributed by atoms with Crippen LogP contribution >= 0.6 is 0 Å². The molecule has 4 nitrogen and oxygen atoms in total. The molecular formula is C15H20N4. The minimum atomic E-state index is 0.174. The lowest BCUT2D eigenvalue weighted by atomic mass is 10.0. The van der Waals surface area contributed by atoms with Crippen LogP contribution in [0.15, 0.2) is 42.7 Å². The highest BCUT2D eigenvalue weighted by atomic mass is 14.9. The van der Waals surface area contributed by atoms with Crippen molar-refractivity contribution in [1.29, 1.82) is 0 Å². The first kappa shape index (κ1) is 13.5. The van der Waals surface area contributed by atoms with Gasteiger partial charge in [0.1, 0.15) is 5.82 Å². The van der Waals surface area contributed by atoms with E-state index in [4.69, 9.17) is 5.73 Å². The summed E-state index contributed by atoms with van der Waals surface area (Å²) >= 11 is 0. The standard InChI is InChI=1S/C15H20N4/c1-2-8-17-14(13-7-3-4-9-18-13)11-12-6-5-10-19-15(12)16/h3-7,9-10,14,17H,2,8,11H2,1H3,(H2,16,19). The zero-order chi connectivity index (χ0) is 13.5. The first-order valence-electron chi connectivity index (χ1n) is 6.65. The van der Waals surface area contributed by atoms with Gasteiger partial charge in [-0.25, -0.2) is 4.98 Å². The summed E-state index contributed by atoms with van der Waals surface area (Å²) in [4.78, 5) is 8.57. The Morgan fingerprint density at radius 2 is 2.00 bits per heavy atom. The zero-order valence-corrected chi connectivity index (χ0v) is 11.2. The van der Waals surface area contributed by atoms with Crippen molar-refractivity contribution in [2.45, 2.75) is 25.8 Å². The van der Waals surface area contributed by atoms with Crippen LogP contribution in [-0.4, -0.2) is 16.5 Å². The summed E-state index contributed by atoms with van der Waals surface area (Å²) in [6.45, 7) is 3.11. The van der Waals surface area contributed by atoms with Crippen molar-refractivity contribution in [3.63, 3.8) is 0 Å². The van der Waals surface area contributed by atoms with Crippen molar-refractivity contribution in [2.24, 2.45) is 0 Å². The van der Waals surface area contributed by atoms with E-state index in [0.29, 0.717) is 5.82 Å². The Hall–Kier alpha value is -1.94. The van der Waals surface area contributed by atoms with Crippen LogP contribution in [0.5, 0.6) is 0 Å². The SMILES string of the molecule is CCCNC(Cc1cccnc1N)c1ccccn1. The van der Waals surface area contributed by atoms with Crippen molar-refractivity contribution in [3.8, 4) is 0 Å². The molecule has 2 aromatic rings. The highest BCUT2D eigenvalue weighted by molar-refractivity contribution is 5.39. The van der Waals surface area contributed by atoms with Crippen LogP contribution in [0.4, 0.5) is 5.82 Å². The van der Waals surface area contributed by atoms with Crippen LogP contribution in [0.3, 0.4) is 0 Å². The van der Waals surface area contributed by atoms with Crippen molar-refractivity contribution in [3.05, 3.63) is 54.0 Å². The Balaban J connectivity index is 2.17. The third kappa shape index (κ3) is 3.76. The Morgan fingerprint density at radius 3 is 2.68 bits per heavy atom. The number of nitrogens with one attached hydrogen (secondary N) is 1. The molecule has 0 amide bonds. The summed E-state index contributed by atoms with van der Waals surface area (Å²) in [7, 11) is 0. The molecule has 100 valence electrons. The Bertz CT molecular complexity index is 499. The number of nitrogens with two attached hydrogens (primary N) is 1. The summed E-state index contributed by atoms with van der Waals surface area (Å²) < 4.78 is 0. The summed E-state index contributed by atoms with van der Waals surface area (Å²) in [6.07, 6.45) is 5.43. The van der Waals surface area contributed by atoms with Gasteiger partial charge in [-0.2, -0.15) is 0 Å². The van der Waals surface area contributed by atoms with Gasteiger partial charge in [-0.15, -0.1) is 0 Å². The third-order valence-corrected chi connectivity index (χ3v) is 3.04. The highest BCUT2D eigenvalue weighted by Crippen LogP contribution is 2.19. The molecule has 2 rings (SSSR count). The number of nitrogens with zero attached hydrogens (tertiary/aromatic N) is 2. The van der Waals surface area contributed by atoms with E-state index >= 15 is 0 Å². The number of hydrogen-bond acceptors (Lipinski definition) is 4. The lowest BCUT2D eigenvalue weighted by molar-refractivity contribution is 0.518. The molecule has 0 radical (unpaired) electrons. The summed E-state index contributed by atoms with van der Waals surface area (Å²) in [5, 5.41) is 3.52. The van der Waals surface area contributed by atoms with Crippen molar-refractivity contribution in [1.82, 2.24) is 15.3 Å². The molecule has 0 fully saturated rings. The molecule has 1 unspecified atom stereocenters. The molecule has 0 saturated heterocycles. The van der Waals surface area contributed by atoms with Crippen molar-refractivity contribution < 1.29 is 0 Å². The van der Waals surface area contributed by atoms with Crippen LogP contribution in [0, 0.1) is 0 Å². The molecular weight excluding hydrogens is 236 g/mol. The van der Waals surface area contributed by atoms with Gasteiger partial charge in [-0.05, 0) is 43.1 Å². The van der Waals surface area contributed by atoms with E-state index in [-0.39, 0.29) is 6.04 Å². The van der Waals surface area contributed by atoms with Gasteiger partial charge in [-0.1, -0.05) is 19.1 Å². The predicted molar refractivity (Wildman–Crippen MR) is 77.6 cm³/mol. The molecule has 0 bridgehead atoms. The van der Waals surface area contributed by atoms with Gasteiger partial charge >= 0.3 is 0 Å².